The highest BCUT2D eigenvalue weighted by molar-refractivity contribution is 5.93. The monoisotopic (exact) mass is 463 g/mol. The van der Waals surface area contributed by atoms with Gasteiger partial charge in [-0.25, -0.2) is 9.59 Å². The molecule has 0 fully saturated rings. The number of methoxy groups -OCH3 is 2. The van der Waals surface area contributed by atoms with Crippen molar-refractivity contribution in [3.05, 3.63) is 83.4 Å². The van der Waals surface area contributed by atoms with Crippen molar-refractivity contribution in [2.45, 2.75) is 19.8 Å². The maximum Gasteiger partial charge on any atom is 0.343 e. The molecule has 3 rings (SSSR count). The molecule has 0 unspecified atom stereocenters. The van der Waals surface area contributed by atoms with Gasteiger partial charge in [-0.1, -0.05) is 13.0 Å². The summed E-state index contributed by atoms with van der Waals surface area (Å²) in [5, 5.41) is 3.34. The molecule has 0 saturated carbocycles. The van der Waals surface area contributed by atoms with Crippen LogP contribution in [-0.2, 0) is 6.42 Å². The lowest BCUT2D eigenvalue weighted by molar-refractivity contribution is 0.0682. The van der Waals surface area contributed by atoms with Gasteiger partial charge in [0.1, 0.15) is 11.5 Å². The quantitative estimate of drug-likeness (QED) is 0.251. The largest absolute Gasteiger partial charge is 0.497 e. The number of ether oxygens (including phenoxy) is 4. The third-order valence-electron chi connectivity index (χ3n) is 5.08. The number of hydrogen-bond acceptors (Lipinski definition) is 7. The van der Waals surface area contributed by atoms with Crippen molar-refractivity contribution in [1.82, 2.24) is 5.32 Å². The Morgan fingerprint density at radius 2 is 1.24 bits per heavy atom. The van der Waals surface area contributed by atoms with Crippen LogP contribution in [0.5, 0.6) is 23.0 Å². The van der Waals surface area contributed by atoms with Gasteiger partial charge >= 0.3 is 11.9 Å². The SMILES string of the molecule is CCCNCCc1ccc(OC(=O)c2ccc(OC)cc2)c(OC(=O)c2ccc(OC)cc2)c1. The Morgan fingerprint density at radius 1 is 0.706 bits per heavy atom. The molecule has 0 aromatic heterocycles. The third-order valence-corrected chi connectivity index (χ3v) is 5.08. The molecule has 178 valence electrons. The minimum absolute atomic E-state index is 0.160. The zero-order valence-corrected chi connectivity index (χ0v) is 19.6. The Bertz CT molecular complexity index is 1090. The molecule has 0 amide bonds. The molecule has 7 nitrogen and oxygen atoms in total. The van der Waals surface area contributed by atoms with Crippen molar-refractivity contribution in [2.75, 3.05) is 27.3 Å². The molecule has 1 N–H and O–H groups in total. The summed E-state index contributed by atoms with van der Waals surface area (Å²) in [6, 6.07) is 18.4. The first-order valence-electron chi connectivity index (χ1n) is 11.1. The molecule has 0 aliphatic rings. The van der Waals surface area contributed by atoms with Crippen LogP contribution in [0.2, 0.25) is 0 Å². The number of esters is 2. The Balaban J connectivity index is 1.81. The Morgan fingerprint density at radius 3 is 1.74 bits per heavy atom. The van der Waals surface area contributed by atoms with Crippen LogP contribution in [-0.4, -0.2) is 39.2 Å². The molecule has 0 heterocycles. The first-order valence-corrected chi connectivity index (χ1v) is 11.1. The summed E-state index contributed by atoms with van der Waals surface area (Å²) in [4.78, 5) is 25.5. The minimum Gasteiger partial charge on any atom is -0.497 e. The first kappa shape index (κ1) is 24.8. The van der Waals surface area contributed by atoms with Crippen molar-refractivity contribution in [3.63, 3.8) is 0 Å². The summed E-state index contributed by atoms with van der Waals surface area (Å²) in [6.07, 6.45) is 1.78. The van der Waals surface area contributed by atoms with Gasteiger partial charge in [0.15, 0.2) is 11.5 Å². The maximum atomic E-state index is 12.8. The Kier molecular flexibility index (Phi) is 9.05. The lowest BCUT2D eigenvalue weighted by atomic mass is 10.1. The van der Waals surface area contributed by atoms with Gasteiger partial charge in [0.2, 0.25) is 0 Å². The predicted molar refractivity (Wildman–Crippen MR) is 129 cm³/mol. The van der Waals surface area contributed by atoms with E-state index in [1.165, 1.54) is 0 Å². The zero-order chi connectivity index (χ0) is 24.3. The van der Waals surface area contributed by atoms with Crippen LogP contribution in [0.1, 0.15) is 39.6 Å². The van der Waals surface area contributed by atoms with Gasteiger partial charge < -0.3 is 24.3 Å². The van der Waals surface area contributed by atoms with Gasteiger partial charge in [-0.3, -0.25) is 0 Å². The van der Waals surface area contributed by atoms with Gasteiger partial charge in [-0.15, -0.1) is 0 Å². The average Bonchev–Trinajstić information content (AvgIpc) is 2.88. The highest BCUT2D eigenvalue weighted by atomic mass is 16.6. The topological polar surface area (TPSA) is 83.1 Å². The van der Waals surface area contributed by atoms with Crippen LogP contribution >= 0.6 is 0 Å². The average molecular weight is 464 g/mol. The van der Waals surface area contributed by atoms with Crippen molar-refractivity contribution < 1.29 is 28.5 Å². The summed E-state index contributed by atoms with van der Waals surface area (Å²) in [5.74, 6) is 0.468. The van der Waals surface area contributed by atoms with E-state index in [2.05, 4.69) is 12.2 Å². The molecule has 0 atom stereocenters. The van der Waals surface area contributed by atoms with Gasteiger partial charge in [0, 0.05) is 0 Å². The van der Waals surface area contributed by atoms with E-state index < -0.39 is 11.9 Å². The van der Waals surface area contributed by atoms with Crippen LogP contribution in [0.4, 0.5) is 0 Å². The number of hydrogen-bond donors (Lipinski definition) is 1. The fraction of sp³-hybridized carbons (Fsp3) is 0.259. The number of benzene rings is 3. The summed E-state index contributed by atoms with van der Waals surface area (Å²) < 4.78 is 21.5. The Labute approximate surface area is 199 Å². The molecule has 0 radical (unpaired) electrons. The van der Waals surface area contributed by atoms with Gasteiger partial charge in [-0.2, -0.15) is 0 Å². The summed E-state index contributed by atoms with van der Waals surface area (Å²) >= 11 is 0. The molecule has 0 bridgehead atoms. The lowest BCUT2D eigenvalue weighted by Gasteiger charge is -2.13. The second-order valence-electron chi connectivity index (χ2n) is 7.52. The second kappa shape index (κ2) is 12.4. The minimum atomic E-state index is -0.568. The summed E-state index contributed by atoms with van der Waals surface area (Å²) in [7, 11) is 3.10. The van der Waals surface area contributed by atoms with E-state index in [0.29, 0.717) is 22.6 Å². The molecule has 0 aliphatic heterocycles. The van der Waals surface area contributed by atoms with E-state index in [0.717, 1.165) is 31.5 Å². The normalized spacial score (nSPS) is 10.4. The van der Waals surface area contributed by atoms with Gasteiger partial charge in [0.05, 0.1) is 25.3 Å². The predicted octanol–water partition coefficient (Wildman–Crippen LogP) is 4.68. The number of carbonyl (C=O) groups is 2. The first-order chi connectivity index (χ1) is 16.5. The maximum absolute atomic E-state index is 12.8. The van der Waals surface area contributed by atoms with E-state index in [1.54, 1.807) is 74.9 Å². The van der Waals surface area contributed by atoms with E-state index in [4.69, 9.17) is 18.9 Å². The lowest BCUT2D eigenvalue weighted by Crippen LogP contribution is -2.18. The highest BCUT2D eigenvalue weighted by Gasteiger charge is 2.17. The fourth-order valence-electron chi connectivity index (χ4n) is 3.18. The molecule has 0 aliphatic carbocycles. The Hall–Kier alpha value is -3.84. The van der Waals surface area contributed by atoms with Crippen molar-refractivity contribution >= 4 is 11.9 Å². The van der Waals surface area contributed by atoms with Crippen molar-refractivity contribution in [2.24, 2.45) is 0 Å². The smallest absolute Gasteiger partial charge is 0.343 e. The van der Waals surface area contributed by atoms with Crippen LogP contribution < -0.4 is 24.3 Å². The van der Waals surface area contributed by atoms with Crippen LogP contribution in [0, 0.1) is 0 Å². The molecule has 7 heteroatoms. The van der Waals surface area contributed by atoms with E-state index in [-0.39, 0.29) is 11.5 Å². The van der Waals surface area contributed by atoms with Gasteiger partial charge in [0.25, 0.3) is 0 Å². The number of carbonyl (C=O) groups excluding carboxylic acids is 2. The van der Waals surface area contributed by atoms with Gasteiger partial charge in [-0.05, 0) is 92.2 Å². The van der Waals surface area contributed by atoms with Crippen molar-refractivity contribution in [1.29, 1.82) is 0 Å². The highest BCUT2D eigenvalue weighted by Crippen LogP contribution is 2.30. The molecular weight excluding hydrogens is 434 g/mol. The van der Waals surface area contributed by atoms with E-state index in [9.17, 15) is 9.59 Å². The summed E-state index contributed by atoms with van der Waals surface area (Å²) in [6.45, 7) is 3.82. The van der Waals surface area contributed by atoms with Crippen LogP contribution in [0.3, 0.4) is 0 Å². The standard InChI is InChI=1S/C27H29NO6/c1-4-16-28-17-15-19-5-14-24(33-26(29)20-6-10-22(31-2)11-7-20)25(18-19)34-27(30)21-8-12-23(32-3)13-9-21/h5-14,18,28H,4,15-17H2,1-3H3. The van der Waals surface area contributed by atoms with Crippen LogP contribution in [0.15, 0.2) is 66.7 Å². The molecule has 3 aromatic rings. The summed E-state index contributed by atoms with van der Waals surface area (Å²) in [5.41, 5.74) is 1.65. The third kappa shape index (κ3) is 6.83. The van der Waals surface area contributed by atoms with E-state index in [1.807, 2.05) is 6.07 Å². The van der Waals surface area contributed by atoms with Crippen molar-refractivity contribution in [3.8, 4) is 23.0 Å². The fourth-order valence-corrected chi connectivity index (χ4v) is 3.18. The number of nitrogens with one attached hydrogen (secondary N) is 1. The zero-order valence-electron chi connectivity index (χ0n) is 19.6. The molecule has 3 aromatic carbocycles. The number of rotatable bonds is 11. The van der Waals surface area contributed by atoms with E-state index >= 15 is 0 Å². The second-order valence-corrected chi connectivity index (χ2v) is 7.52. The molecule has 34 heavy (non-hydrogen) atoms. The molecule has 0 spiro atoms. The molecule has 0 saturated heterocycles. The van der Waals surface area contributed by atoms with Crippen LogP contribution in [0.25, 0.3) is 0 Å². The molecular formula is C27H29NO6.